The first-order valence-electron chi connectivity index (χ1n) is 14.4. The maximum absolute atomic E-state index is 13.7. The molecule has 5 rings (SSSR count). The van der Waals surface area contributed by atoms with Gasteiger partial charge in [0.05, 0.1) is 5.92 Å². The number of carbonyl (C=O) groups is 2. The minimum atomic E-state index is -0.226. The fourth-order valence-corrected chi connectivity index (χ4v) is 6.11. The number of aryl methyl sites for hydroxylation is 1. The van der Waals surface area contributed by atoms with Crippen LogP contribution in [0.15, 0.2) is 36.7 Å². The van der Waals surface area contributed by atoms with Crippen LogP contribution in [0.1, 0.15) is 62.5 Å². The molecule has 2 fully saturated rings. The number of nitrogens with zero attached hydrogens (tertiary/aromatic N) is 3. The van der Waals surface area contributed by atoms with Crippen LogP contribution in [0.3, 0.4) is 0 Å². The number of anilines is 1. The van der Waals surface area contributed by atoms with Crippen molar-refractivity contribution in [2.45, 2.75) is 59.5 Å². The number of rotatable bonds is 7. The molecule has 0 aliphatic carbocycles. The van der Waals surface area contributed by atoms with Crippen LogP contribution in [-0.4, -0.2) is 60.1 Å². The number of benzene rings is 1. The number of fused-ring (bicyclic) bond motifs is 1. The number of hydrogen-bond donors (Lipinski definition) is 3. The Labute approximate surface area is 231 Å². The Morgan fingerprint density at radius 2 is 1.95 bits per heavy atom. The number of carbonyl (C=O) groups excluding carboxylic acids is 2. The van der Waals surface area contributed by atoms with Gasteiger partial charge in [-0.3, -0.25) is 9.59 Å². The van der Waals surface area contributed by atoms with Crippen molar-refractivity contribution >= 4 is 28.5 Å². The first-order chi connectivity index (χ1) is 18.8. The molecule has 2 aliphatic heterocycles. The summed E-state index contributed by atoms with van der Waals surface area (Å²) in [7, 11) is 0. The number of piperazine rings is 1. The highest BCUT2D eigenvalue weighted by molar-refractivity contribution is 6.09. The number of pyridine rings is 1. The lowest BCUT2D eigenvalue weighted by atomic mass is 9.84. The predicted octanol–water partition coefficient (Wildman–Crippen LogP) is 4.28. The Balaban J connectivity index is 1.49. The lowest BCUT2D eigenvalue weighted by Gasteiger charge is -2.32. The van der Waals surface area contributed by atoms with E-state index < -0.39 is 0 Å². The molecule has 0 saturated carbocycles. The average molecular weight is 531 g/mol. The van der Waals surface area contributed by atoms with Crippen LogP contribution >= 0.6 is 0 Å². The molecule has 2 aromatic heterocycles. The van der Waals surface area contributed by atoms with Crippen molar-refractivity contribution in [3.8, 4) is 11.1 Å². The van der Waals surface area contributed by atoms with Crippen LogP contribution < -0.4 is 20.9 Å². The molecular weight excluding hydrogens is 488 g/mol. The van der Waals surface area contributed by atoms with Crippen LogP contribution in [0, 0.1) is 18.8 Å². The SMILES string of the molecule is CCC(C)n1cc(C)c2c(C(=O)NCC3C(=O)NC(C)CC3C)cc(-c3ccc(N4CCNCC4)nc3)cc21. The smallest absolute Gasteiger partial charge is 0.252 e. The van der Waals surface area contributed by atoms with E-state index in [1.165, 1.54) is 0 Å². The normalized spacial score (nSPS) is 22.5. The van der Waals surface area contributed by atoms with E-state index in [-0.39, 0.29) is 29.7 Å². The first kappa shape index (κ1) is 27.2. The second kappa shape index (κ2) is 11.4. The molecule has 3 N–H and O–H groups in total. The van der Waals surface area contributed by atoms with E-state index in [4.69, 9.17) is 4.98 Å². The summed E-state index contributed by atoms with van der Waals surface area (Å²) >= 11 is 0. The number of hydrogen-bond acceptors (Lipinski definition) is 5. The van der Waals surface area contributed by atoms with Gasteiger partial charge in [0, 0.05) is 79.2 Å². The largest absolute Gasteiger partial charge is 0.354 e. The maximum Gasteiger partial charge on any atom is 0.252 e. The summed E-state index contributed by atoms with van der Waals surface area (Å²) in [6.45, 7) is 14.7. The van der Waals surface area contributed by atoms with E-state index >= 15 is 0 Å². The van der Waals surface area contributed by atoms with E-state index in [1.54, 1.807) is 0 Å². The Morgan fingerprint density at radius 3 is 2.62 bits per heavy atom. The molecule has 0 bridgehead atoms. The standard InChI is InChI=1S/C31H42N6O2/c1-6-22(5)37-18-20(3)29-25(30(38)34-17-26-19(2)13-21(4)35-31(26)39)14-24(15-27(29)37)23-7-8-28(33-16-23)36-11-9-32-10-12-36/h7-8,14-16,18-19,21-22,26,32H,6,9-13,17H2,1-5H3,(H,34,38)(H,35,39). The van der Waals surface area contributed by atoms with Crippen molar-refractivity contribution in [3.05, 3.63) is 47.8 Å². The topological polar surface area (TPSA) is 91.3 Å². The molecule has 1 aromatic carbocycles. The molecular formula is C31H42N6O2. The third-order valence-electron chi connectivity index (χ3n) is 8.58. The van der Waals surface area contributed by atoms with Gasteiger partial charge in [0.2, 0.25) is 5.91 Å². The maximum atomic E-state index is 13.7. The van der Waals surface area contributed by atoms with Gasteiger partial charge < -0.3 is 25.4 Å². The van der Waals surface area contributed by atoms with Crippen LogP contribution in [0.2, 0.25) is 0 Å². The first-order valence-corrected chi connectivity index (χ1v) is 14.4. The quantitative estimate of drug-likeness (QED) is 0.424. The lowest BCUT2D eigenvalue weighted by Crippen LogP contribution is -2.50. The molecule has 2 saturated heterocycles. The Morgan fingerprint density at radius 1 is 1.18 bits per heavy atom. The van der Waals surface area contributed by atoms with Crippen LogP contribution in [-0.2, 0) is 4.79 Å². The minimum Gasteiger partial charge on any atom is -0.354 e. The Kier molecular flexibility index (Phi) is 7.93. The van der Waals surface area contributed by atoms with Crippen molar-refractivity contribution in [1.29, 1.82) is 0 Å². The number of amides is 2. The average Bonchev–Trinajstić information content (AvgIpc) is 3.28. The molecule has 3 aromatic rings. The van der Waals surface area contributed by atoms with Gasteiger partial charge in [0.1, 0.15) is 5.82 Å². The Hall–Kier alpha value is -3.39. The van der Waals surface area contributed by atoms with Crippen molar-refractivity contribution in [2.75, 3.05) is 37.6 Å². The number of aromatic nitrogens is 2. The van der Waals surface area contributed by atoms with Gasteiger partial charge in [0.15, 0.2) is 0 Å². The fraction of sp³-hybridized carbons (Fsp3) is 0.516. The van der Waals surface area contributed by atoms with E-state index in [2.05, 4.69) is 77.5 Å². The summed E-state index contributed by atoms with van der Waals surface area (Å²) in [4.78, 5) is 33.5. The van der Waals surface area contributed by atoms with Crippen LogP contribution in [0.25, 0.3) is 22.0 Å². The molecule has 4 heterocycles. The van der Waals surface area contributed by atoms with Gasteiger partial charge in [-0.05, 0) is 74.9 Å². The molecule has 4 atom stereocenters. The van der Waals surface area contributed by atoms with Crippen LogP contribution in [0.5, 0.6) is 0 Å². The monoisotopic (exact) mass is 530 g/mol. The van der Waals surface area contributed by atoms with Crippen LogP contribution in [0.4, 0.5) is 5.82 Å². The zero-order valence-electron chi connectivity index (χ0n) is 23.9. The summed E-state index contributed by atoms with van der Waals surface area (Å²) in [5.41, 5.74) is 4.71. The van der Waals surface area contributed by atoms with Crippen molar-refractivity contribution in [3.63, 3.8) is 0 Å². The molecule has 8 nitrogen and oxygen atoms in total. The molecule has 4 unspecified atom stereocenters. The third kappa shape index (κ3) is 5.53. The zero-order valence-corrected chi connectivity index (χ0v) is 23.9. The van der Waals surface area contributed by atoms with Gasteiger partial charge in [-0.2, -0.15) is 0 Å². The van der Waals surface area contributed by atoms with Crippen molar-refractivity contribution in [1.82, 2.24) is 25.5 Å². The highest BCUT2D eigenvalue weighted by atomic mass is 16.2. The lowest BCUT2D eigenvalue weighted by molar-refractivity contribution is -0.129. The number of piperidine rings is 1. The third-order valence-corrected chi connectivity index (χ3v) is 8.58. The molecule has 2 amide bonds. The van der Waals surface area contributed by atoms with Crippen molar-refractivity contribution < 1.29 is 9.59 Å². The summed E-state index contributed by atoms with van der Waals surface area (Å²) < 4.78 is 2.28. The fourth-order valence-electron chi connectivity index (χ4n) is 6.11. The highest BCUT2D eigenvalue weighted by Crippen LogP contribution is 2.34. The second-order valence-corrected chi connectivity index (χ2v) is 11.5. The minimum absolute atomic E-state index is 0.0233. The van der Waals surface area contributed by atoms with Gasteiger partial charge in [0.25, 0.3) is 5.91 Å². The Bertz CT molecular complexity index is 1340. The van der Waals surface area contributed by atoms with E-state index in [9.17, 15) is 9.59 Å². The van der Waals surface area contributed by atoms with Gasteiger partial charge in [-0.25, -0.2) is 4.98 Å². The summed E-state index contributed by atoms with van der Waals surface area (Å²) in [6.07, 6.45) is 5.98. The number of nitrogens with one attached hydrogen (secondary N) is 3. The van der Waals surface area contributed by atoms with E-state index in [0.29, 0.717) is 18.2 Å². The molecule has 8 heteroatoms. The van der Waals surface area contributed by atoms with E-state index in [1.807, 2.05) is 19.2 Å². The van der Waals surface area contributed by atoms with E-state index in [0.717, 1.165) is 72.4 Å². The zero-order chi connectivity index (χ0) is 27.7. The molecule has 0 spiro atoms. The predicted molar refractivity (Wildman–Crippen MR) is 157 cm³/mol. The van der Waals surface area contributed by atoms with Crippen molar-refractivity contribution in [2.24, 2.45) is 11.8 Å². The molecule has 2 aliphatic rings. The van der Waals surface area contributed by atoms with Gasteiger partial charge >= 0.3 is 0 Å². The highest BCUT2D eigenvalue weighted by Gasteiger charge is 2.32. The summed E-state index contributed by atoms with van der Waals surface area (Å²) in [5, 5.41) is 10.5. The molecule has 208 valence electrons. The molecule has 0 radical (unpaired) electrons. The second-order valence-electron chi connectivity index (χ2n) is 11.5. The molecule has 39 heavy (non-hydrogen) atoms. The van der Waals surface area contributed by atoms with Gasteiger partial charge in [-0.15, -0.1) is 0 Å². The van der Waals surface area contributed by atoms with Gasteiger partial charge in [-0.1, -0.05) is 13.8 Å². The summed E-state index contributed by atoms with van der Waals surface area (Å²) in [6, 6.07) is 8.82. The summed E-state index contributed by atoms with van der Waals surface area (Å²) in [5.74, 6) is 0.851.